The number of benzene rings is 1. The molecule has 0 fully saturated rings. The standard InChI is InChI=1S/C11H16N4/c1-2-12-5-6-13-9-3-4-10-11(7-9)15-8-14-10/h3-4,7-8,12-13H,2,5-6H2,1H3,(H,14,15). The van der Waals surface area contributed by atoms with Gasteiger partial charge in [-0.25, -0.2) is 4.98 Å². The normalized spacial score (nSPS) is 10.7. The monoisotopic (exact) mass is 204 g/mol. The van der Waals surface area contributed by atoms with Crippen molar-refractivity contribution in [2.75, 3.05) is 25.0 Å². The number of H-pyrrole nitrogens is 1. The number of imidazole rings is 1. The van der Waals surface area contributed by atoms with E-state index in [-0.39, 0.29) is 0 Å². The molecule has 0 aliphatic heterocycles. The minimum Gasteiger partial charge on any atom is -0.384 e. The summed E-state index contributed by atoms with van der Waals surface area (Å²) in [5.41, 5.74) is 3.21. The van der Waals surface area contributed by atoms with Gasteiger partial charge in [-0.1, -0.05) is 6.92 Å². The van der Waals surface area contributed by atoms with Gasteiger partial charge < -0.3 is 15.6 Å². The fraction of sp³-hybridized carbons (Fsp3) is 0.364. The van der Waals surface area contributed by atoms with Crippen LogP contribution in [0.2, 0.25) is 0 Å². The van der Waals surface area contributed by atoms with Crippen LogP contribution in [0.15, 0.2) is 24.5 Å². The average molecular weight is 204 g/mol. The molecule has 0 spiro atoms. The Hall–Kier alpha value is -1.55. The fourth-order valence-electron chi connectivity index (χ4n) is 1.52. The molecule has 1 aromatic heterocycles. The summed E-state index contributed by atoms with van der Waals surface area (Å²) in [6.45, 7) is 5.04. The van der Waals surface area contributed by atoms with E-state index < -0.39 is 0 Å². The van der Waals surface area contributed by atoms with Crippen LogP contribution in [0.5, 0.6) is 0 Å². The Balaban J connectivity index is 1.96. The maximum absolute atomic E-state index is 4.17. The van der Waals surface area contributed by atoms with Crippen LogP contribution in [-0.4, -0.2) is 29.6 Å². The third kappa shape index (κ3) is 2.47. The lowest BCUT2D eigenvalue weighted by molar-refractivity contribution is 0.739. The van der Waals surface area contributed by atoms with Gasteiger partial charge in [0.25, 0.3) is 0 Å². The summed E-state index contributed by atoms with van der Waals surface area (Å²) in [6, 6.07) is 6.14. The highest BCUT2D eigenvalue weighted by Gasteiger charge is 1.96. The number of hydrogen-bond donors (Lipinski definition) is 3. The maximum atomic E-state index is 4.17. The van der Waals surface area contributed by atoms with E-state index in [4.69, 9.17) is 0 Å². The van der Waals surface area contributed by atoms with Crippen molar-refractivity contribution in [3.05, 3.63) is 24.5 Å². The summed E-state index contributed by atoms with van der Waals surface area (Å²) in [4.78, 5) is 7.27. The Morgan fingerprint density at radius 1 is 1.33 bits per heavy atom. The van der Waals surface area contributed by atoms with Crippen molar-refractivity contribution in [2.24, 2.45) is 0 Å². The summed E-state index contributed by atoms with van der Waals surface area (Å²) < 4.78 is 0. The van der Waals surface area contributed by atoms with Crippen LogP contribution in [0.1, 0.15) is 6.92 Å². The van der Waals surface area contributed by atoms with Crippen molar-refractivity contribution in [1.82, 2.24) is 15.3 Å². The van der Waals surface area contributed by atoms with Crippen molar-refractivity contribution in [1.29, 1.82) is 0 Å². The van der Waals surface area contributed by atoms with E-state index in [9.17, 15) is 0 Å². The number of rotatable bonds is 5. The van der Waals surface area contributed by atoms with Gasteiger partial charge in [0.15, 0.2) is 0 Å². The Kier molecular flexibility index (Phi) is 3.19. The summed E-state index contributed by atoms with van der Waals surface area (Å²) >= 11 is 0. The van der Waals surface area contributed by atoms with Crippen LogP contribution in [0.25, 0.3) is 11.0 Å². The lowest BCUT2D eigenvalue weighted by Crippen LogP contribution is -2.21. The predicted molar refractivity (Wildman–Crippen MR) is 63.1 cm³/mol. The second-order valence-electron chi connectivity index (χ2n) is 3.41. The quantitative estimate of drug-likeness (QED) is 0.648. The zero-order chi connectivity index (χ0) is 10.5. The third-order valence-electron chi connectivity index (χ3n) is 2.30. The summed E-state index contributed by atoms with van der Waals surface area (Å²) in [5, 5.41) is 6.62. The molecule has 2 rings (SSSR count). The molecule has 1 heterocycles. The van der Waals surface area contributed by atoms with Crippen LogP contribution in [-0.2, 0) is 0 Å². The highest BCUT2D eigenvalue weighted by molar-refractivity contribution is 5.78. The number of aromatic nitrogens is 2. The van der Waals surface area contributed by atoms with Gasteiger partial charge in [0.1, 0.15) is 0 Å². The molecule has 4 nitrogen and oxygen atoms in total. The molecule has 0 unspecified atom stereocenters. The maximum Gasteiger partial charge on any atom is 0.0931 e. The molecule has 0 bridgehead atoms. The molecule has 0 saturated carbocycles. The Bertz CT molecular complexity index is 421. The minimum absolute atomic E-state index is 0.938. The molecule has 15 heavy (non-hydrogen) atoms. The van der Waals surface area contributed by atoms with E-state index >= 15 is 0 Å². The molecule has 0 saturated heterocycles. The molecule has 0 radical (unpaired) electrons. The van der Waals surface area contributed by atoms with E-state index in [1.807, 2.05) is 6.07 Å². The molecule has 3 N–H and O–H groups in total. The number of likely N-dealkylation sites (N-methyl/N-ethyl adjacent to an activating group) is 1. The zero-order valence-corrected chi connectivity index (χ0v) is 8.88. The van der Waals surface area contributed by atoms with Crippen molar-refractivity contribution in [2.45, 2.75) is 6.92 Å². The second kappa shape index (κ2) is 4.79. The predicted octanol–water partition coefficient (Wildman–Crippen LogP) is 1.58. The highest BCUT2D eigenvalue weighted by Crippen LogP contribution is 2.14. The molecule has 0 aliphatic rings. The summed E-state index contributed by atoms with van der Waals surface area (Å²) in [5.74, 6) is 0. The first kappa shape index (κ1) is 9.98. The Labute approximate surface area is 89.1 Å². The van der Waals surface area contributed by atoms with Crippen LogP contribution in [0.3, 0.4) is 0 Å². The largest absolute Gasteiger partial charge is 0.384 e. The topological polar surface area (TPSA) is 52.7 Å². The second-order valence-corrected chi connectivity index (χ2v) is 3.41. The number of anilines is 1. The summed E-state index contributed by atoms with van der Waals surface area (Å²) in [6.07, 6.45) is 1.72. The number of fused-ring (bicyclic) bond motifs is 1. The number of nitrogens with zero attached hydrogens (tertiary/aromatic N) is 1. The molecule has 1 aromatic carbocycles. The lowest BCUT2D eigenvalue weighted by atomic mass is 10.3. The lowest BCUT2D eigenvalue weighted by Gasteiger charge is -2.06. The molecule has 0 aliphatic carbocycles. The van der Waals surface area contributed by atoms with Gasteiger partial charge in [-0.3, -0.25) is 0 Å². The van der Waals surface area contributed by atoms with Crippen molar-refractivity contribution in [3.8, 4) is 0 Å². The number of aromatic amines is 1. The van der Waals surface area contributed by atoms with Gasteiger partial charge in [-0.2, -0.15) is 0 Å². The SMILES string of the molecule is CCNCCNc1ccc2nc[nH]c2c1. The van der Waals surface area contributed by atoms with E-state index in [2.05, 4.69) is 39.7 Å². The third-order valence-corrected chi connectivity index (χ3v) is 2.30. The van der Waals surface area contributed by atoms with E-state index in [0.29, 0.717) is 0 Å². The summed E-state index contributed by atoms with van der Waals surface area (Å²) in [7, 11) is 0. The first-order valence-corrected chi connectivity index (χ1v) is 5.28. The van der Waals surface area contributed by atoms with Crippen LogP contribution in [0, 0.1) is 0 Å². The highest BCUT2D eigenvalue weighted by atomic mass is 14.9. The first-order valence-electron chi connectivity index (χ1n) is 5.28. The number of hydrogen-bond acceptors (Lipinski definition) is 3. The molecular formula is C11H16N4. The first-order chi connectivity index (χ1) is 7.40. The van der Waals surface area contributed by atoms with Gasteiger partial charge in [0, 0.05) is 18.8 Å². The minimum atomic E-state index is 0.938. The van der Waals surface area contributed by atoms with Gasteiger partial charge >= 0.3 is 0 Å². The Morgan fingerprint density at radius 2 is 2.27 bits per heavy atom. The van der Waals surface area contributed by atoms with Gasteiger partial charge in [-0.15, -0.1) is 0 Å². The van der Waals surface area contributed by atoms with E-state index in [0.717, 1.165) is 36.4 Å². The van der Waals surface area contributed by atoms with E-state index in [1.165, 1.54) is 0 Å². The smallest absolute Gasteiger partial charge is 0.0931 e. The van der Waals surface area contributed by atoms with Crippen molar-refractivity contribution >= 4 is 16.7 Å². The number of nitrogens with one attached hydrogen (secondary N) is 3. The molecule has 4 heteroatoms. The molecule has 0 atom stereocenters. The van der Waals surface area contributed by atoms with Gasteiger partial charge in [0.2, 0.25) is 0 Å². The van der Waals surface area contributed by atoms with Gasteiger partial charge in [0.05, 0.1) is 17.4 Å². The van der Waals surface area contributed by atoms with Crippen LogP contribution < -0.4 is 10.6 Å². The molecular weight excluding hydrogens is 188 g/mol. The van der Waals surface area contributed by atoms with Crippen LogP contribution >= 0.6 is 0 Å². The fourth-order valence-corrected chi connectivity index (χ4v) is 1.52. The average Bonchev–Trinajstić information content (AvgIpc) is 2.71. The Morgan fingerprint density at radius 3 is 3.13 bits per heavy atom. The van der Waals surface area contributed by atoms with E-state index in [1.54, 1.807) is 6.33 Å². The molecule has 80 valence electrons. The van der Waals surface area contributed by atoms with Crippen LogP contribution in [0.4, 0.5) is 5.69 Å². The van der Waals surface area contributed by atoms with Crippen molar-refractivity contribution < 1.29 is 0 Å². The van der Waals surface area contributed by atoms with Crippen molar-refractivity contribution in [3.63, 3.8) is 0 Å². The zero-order valence-electron chi connectivity index (χ0n) is 8.88. The van der Waals surface area contributed by atoms with Gasteiger partial charge in [-0.05, 0) is 24.7 Å². The molecule has 0 amide bonds. The molecule has 2 aromatic rings.